The van der Waals surface area contributed by atoms with Crippen molar-refractivity contribution in [2.75, 3.05) is 12.4 Å². The molecule has 0 saturated heterocycles. The van der Waals surface area contributed by atoms with Crippen molar-refractivity contribution < 1.29 is 23.7 Å². The molecular weight excluding hydrogens is 356 g/mol. The van der Waals surface area contributed by atoms with Crippen molar-refractivity contribution in [2.24, 2.45) is 0 Å². The second-order valence-corrected chi connectivity index (χ2v) is 5.57. The third-order valence-electron chi connectivity index (χ3n) is 3.87. The fourth-order valence-electron chi connectivity index (χ4n) is 2.42. The first-order valence-corrected chi connectivity index (χ1v) is 7.75. The lowest BCUT2D eigenvalue weighted by atomic mass is 10.1. The van der Waals surface area contributed by atoms with Crippen molar-refractivity contribution in [3.8, 4) is 11.4 Å². The molecule has 0 unspecified atom stereocenters. The van der Waals surface area contributed by atoms with Gasteiger partial charge in [-0.2, -0.15) is 0 Å². The van der Waals surface area contributed by atoms with Gasteiger partial charge in [0.05, 0.1) is 17.7 Å². The van der Waals surface area contributed by atoms with Crippen molar-refractivity contribution in [3.05, 3.63) is 74.3 Å². The van der Waals surface area contributed by atoms with Crippen LogP contribution in [0, 0.1) is 17.0 Å². The first-order valence-electron chi connectivity index (χ1n) is 7.75. The second kappa shape index (κ2) is 7.12. The van der Waals surface area contributed by atoms with Crippen LogP contribution in [0.4, 0.5) is 11.4 Å². The summed E-state index contributed by atoms with van der Waals surface area (Å²) in [5.41, 5.74) is -0.0963. The summed E-state index contributed by atoms with van der Waals surface area (Å²) in [6, 6.07) is 10.6. The summed E-state index contributed by atoms with van der Waals surface area (Å²) in [5.74, 6) is -0.173. The molecule has 138 valence electrons. The SMILES string of the molecule is COc1ccc(-[n+]2[nH]oc(=O)c2C(=O)Nc2cc([N+](=O)[O-])ccc2C)cc1. The van der Waals surface area contributed by atoms with E-state index in [4.69, 9.17) is 9.26 Å². The lowest BCUT2D eigenvalue weighted by molar-refractivity contribution is -0.672. The van der Waals surface area contributed by atoms with Gasteiger partial charge in [-0.05, 0) is 34.6 Å². The molecule has 0 atom stereocenters. The van der Waals surface area contributed by atoms with Gasteiger partial charge in [0.25, 0.3) is 5.69 Å². The highest BCUT2D eigenvalue weighted by Gasteiger charge is 2.31. The third kappa shape index (κ3) is 3.54. The number of benzene rings is 2. The molecule has 3 rings (SSSR count). The van der Waals surface area contributed by atoms with Gasteiger partial charge in [0.2, 0.25) is 5.69 Å². The molecule has 0 fully saturated rings. The number of rotatable bonds is 5. The maximum atomic E-state index is 12.6. The molecule has 2 aromatic carbocycles. The molecule has 1 heterocycles. The number of nitrogens with zero attached hydrogens (tertiary/aromatic N) is 2. The maximum Gasteiger partial charge on any atom is 0.441 e. The number of nitrogens with one attached hydrogen (secondary N) is 2. The average Bonchev–Trinajstić information content (AvgIpc) is 3.05. The fraction of sp³-hybridized carbons (Fsp3) is 0.118. The van der Waals surface area contributed by atoms with Gasteiger partial charge in [0.15, 0.2) is 0 Å². The van der Waals surface area contributed by atoms with E-state index in [1.54, 1.807) is 31.2 Å². The van der Waals surface area contributed by atoms with Crippen LogP contribution in [0.15, 0.2) is 51.8 Å². The van der Waals surface area contributed by atoms with Crippen LogP contribution < -0.4 is 20.4 Å². The number of H-pyrrole nitrogens is 1. The Bertz CT molecular complexity index is 1070. The van der Waals surface area contributed by atoms with Gasteiger partial charge in [-0.3, -0.25) is 19.4 Å². The Kier molecular flexibility index (Phi) is 4.71. The molecule has 0 bridgehead atoms. The molecule has 3 aromatic rings. The van der Waals surface area contributed by atoms with Crippen LogP contribution in [-0.2, 0) is 0 Å². The van der Waals surface area contributed by atoms with Gasteiger partial charge in [-0.1, -0.05) is 6.07 Å². The molecule has 27 heavy (non-hydrogen) atoms. The number of amides is 1. The molecule has 0 aliphatic rings. The minimum absolute atomic E-state index is 0.181. The quantitative estimate of drug-likeness (QED) is 0.399. The zero-order valence-corrected chi connectivity index (χ0v) is 14.4. The molecule has 1 amide bonds. The summed E-state index contributed by atoms with van der Waals surface area (Å²) < 4.78 is 11.0. The molecule has 10 nitrogen and oxygen atoms in total. The van der Waals surface area contributed by atoms with E-state index in [9.17, 15) is 19.7 Å². The van der Waals surface area contributed by atoms with Crippen molar-refractivity contribution in [2.45, 2.75) is 6.92 Å². The van der Waals surface area contributed by atoms with Gasteiger partial charge in [-0.25, -0.2) is 4.79 Å². The minimum Gasteiger partial charge on any atom is -0.497 e. The number of anilines is 1. The molecule has 0 aliphatic carbocycles. The summed E-state index contributed by atoms with van der Waals surface area (Å²) in [6.45, 7) is 1.68. The van der Waals surface area contributed by atoms with E-state index in [1.807, 2.05) is 0 Å². The number of non-ortho nitro benzene ring substituents is 1. The summed E-state index contributed by atoms with van der Waals surface area (Å²) in [4.78, 5) is 35.0. The van der Waals surface area contributed by atoms with Crippen LogP contribution >= 0.6 is 0 Å². The zero-order valence-electron chi connectivity index (χ0n) is 14.4. The molecule has 2 N–H and O–H groups in total. The van der Waals surface area contributed by atoms with Crippen LogP contribution in [0.3, 0.4) is 0 Å². The lowest BCUT2D eigenvalue weighted by Gasteiger charge is -2.05. The Hall–Kier alpha value is -3.95. The van der Waals surface area contributed by atoms with E-state index in [0.29, 0.717) is 17.0 Å². The second-order valence-electron chi connectivity index (χ2n) is 5.57. The Morgan fingerprint density at radius 3 is 2.59 bits per heavy atom. The molecular formula is C17H15N4O6+. The highest BCUT2D eigenvalue weighted by atomic mass is 16.6. The zero-order chi connectivity index (χ0) is 19.6. The van der Waals surface area contributed by atoms with Crippen LogP contribution in [0.25, 0.3) is 5.69 Å². The van der Waals surface area contributed by atoms with Gasteiger partial charge in [0.1, 0.15) is 5.75 Å². The van der Waals surface area contributed by atoms with Crippen LogP contribution in [0.2, 0.25) is 0 Å². The van der Waals surface area contributed by atoms with Gasteiger partial charge >= 0.3 is 17.2 Å². The summed E-state index contributed by atoms with van der Waals surface area (Å²) in [6.07, 6.45) is 0. The standard InChI is InChI=1S/C17H14N4O6/c1-10-3-4-12(21(24)25)9-14(10)18-16(22)15-17(23)27-19-20(15)11-5-7-13(26-2)8-6-11/h3-9H,1-2H3,(H-,18,19,22,23)/p+1. The lowest BCUT2D eigenvalue weighted by Crippen LogP contribution is -2.42. The highest BCUT2D eigenvalue weighted by Crippen LogP contribution is 2.22. The largest absolute Gasteiger partial charge is 0.497 e. The number of ether oxygens (including phenoxy) is 1. The van der Waals surface area contributed by atoms with Crippen molar-refractivity contribution >= 4 is 17.3 Å². The van der Waals surface area contributed by atoms with E-state index in [1.165, 1.54) is 30.0 Å². The highest BCUT2D eigenvalue weighted by molar-refractivity contribution is 6.02. The Balaban J connectivity index is 1.96. The number of nitro groups is 1. The third-order valence-corrected chi connectivity index (χ3v) is 3.87. The van der Waals surface area contributed by atoms with E-state index in [-0.39, 0.29) is 17.1 Å². The molecule has 0 saturated carbocycles. The number of aromatic amines is 1. The monoisotopic (exact) mass is 371 g/mol. The average molecular weight is 371 g/mol. The Morgan fingerprint density at radius 2 is 1.96 bits per heavy atom. The number of aryl methyl sites for hydroxylation is 1. The summed E-state index contributed by atoms with van der Waals surface area (Å²) in [7, 11) is 1.52. The molecule has 10 heteroatoms. The number of aromatic nitrogens is 2. The van der Waals surface area contributed by atoms with Crippen LogP contribution in [-0.4, -0.2) is 23.2 Å². The summed E-state index contributed by atoms with van der Waals surface area (Å²) in [5, 5.41) is 15.8. The first-order chi connectivity index (χ1) is 12.9. The van der Waals surface area contributed by atoms with E-state index in [0.717, 1.165) is 0 Å². The predicted molar refractivity (Wildman–Crippen MR) is 93.2 cm³/mol. The molecule has 0 spiro atoms. The van der Waals surface area contributed by atoms with Crippen LogP contribution in [0.1, 0.15) is 16.1 Å². The van der Waals surface area contributed by atoms with Crippen LogP contribution in [0.5, 0.6) is 5.75 Å². The number of nitro benzene ring substituents is 1. The predicted octanol–water partition coefficient (Wildman–Crippen LogP) is 1.72. The Morgan fingerprint density at radius 1 is 1.26 bits per heavy atom. The fourth-order valence-corrected chi connectivity index (χ4v) is 2.42. The number of hydrogen-bond donors (Lipinski definition) is 2. The Labute approximate surface area is 152 Å². The van der Waals surface area contributed by atoms with E-state index < -0.39 is 16.5 Å². The van der Waals surface area contributed by atoms with Crippen molar-refractivity contribution in [1.82, 2.24) is 5.27 Å². The topological polar surface area (TPSA) is 131 Å². The maximum absolute atomic E-state index is 12.6. The van der Waals surface area contributed by atoms with Gasteiger partial charge < -0.3 is 10.1 Å². The molecule has 1 aromatic heterocycles. The number of hydrogen-bond acceptors (Lipinski definition) is 6. The van der Waals surface area contributed by atoms with Crippen molar-refractivity contribution in [3.63, 3.8) is 0 Å². The minimum atomic E-state index is -0.883. The van der Waals surface area contributed by atoms with Gasteiger partial charge in [-0.15, -0.1) is 0 Å². The normalized spacial score (nSPS) is 10.4. The molecule has 0 radical (unpaired) electrons. The van der Waals surface area contributed by atoms with E-state index >= 15 is 0 Å². The number of carbonyl (C=O) groups excluding carboxylic acids is 1. The molecule has 0 aliphatic heterocycles. The van der Waals surface area contributed by atoms with Crippen molar-refractivity contribution in [1.29, 1.82) is 0 Å². The number of methoxy groups -OCH3 is 1. The summed E-state index contributed by atoms with van der Waals surface area (Å²) >= 11 is 0. The smallest absolute Gasteiger partial charge is 0.441 e. The number of carbonyl (C=O) groups is 1. The van der Waals surface area contributed by atoms with Gasteiger partial charge in [0, 0.05) is 24.3 Å². The van der Waals surface area contributed by atoms with E-state index in [2.05, 4.69) is 10.6 Å². The first kappa shape index (κ1) is 17.9.